The molecule has 5 aliphatic heterocycles. The molecule has 4 aromatic carbocycles. The van der Waals surface area contributed by atoms with Crippen LogP contribution in [0, 0.1) is 28.9 Å². The fourth-order valence-corrected chi connectivity index (χ4v) is 10.8. The predicted octanol–water partition coefficient (Wildman–Crippen LogP) is 4.05. The second kappa shape index (κ2) is 17.3. The smallest absolute Gasteiger partial charge is 0.301 e. The summed E-state index contributed by atoms with van der Waals surface area (Å²) >= 11 is 0. The van der Waals surface area contributed by atoms with Crippen molar-refractivity contribution in [2.45, 2.75) is 38.0 Å². The number of halogens is 3. The number of nitrogens with zero attached hydrogens (tertiary/aromatic N) is 8. The van der Waals surface area contributed by atoms with Crippen LogP contribution < -0.4 is 30.1 Å². The number of nitriles is 1. The summed E-state index contributed by atoms with van der Waals surface area (Å²) < 4.78 is 80.4. The van der Waals surface area contributed by atoms with Gasteiger partial charge in [0.15, 0.2) is 11.6 Å². The Morgan fingerprint density at radius 3 is 2.33 bits per heavy atom. The van der Waals surface area contributed by atoms with Crippen molar-refractivity contribution in [2.75, 3.05) is 73.4 Å². The Balaban J connectivity index is 0.746. The number of benzene rings is 4. The van der Waals surface area contributed by atoms with E-state index in [9.17, 15) is 37.2 Å². The van der Waals surface area contributed by atoms with Crippen LogP contribution in [0.4, 0.5) is 30.2 Å². The third kappa shape index (κ3) is 8.40. The maximum atomic E-state index is 15.3. The number of piperidine rings is 1. The molecule has 4 fully saturated rings. The summed E-state index contributed by atoms with van der Waals surface area (Å²) in [6, 6.07) is 18.1. The van der Waals surface area contributed by atoms with Gasteiger partial charge in [-0.05, 0) is 85.1 Å². The van der Waals surface area contributed by atoms with Crippen LogP contribution in [0.25, 0.3) is 16.6 Å². The van der Waals surface area contributed by atoms with Crippen LogP contribution in [0.2, 0.25) is 0 Å². The first-order valence-electron chi connectivity index (χ1n) is 21.9. The molecule has 10 rings (SSSR count). The Kier molecular flexibility index (Phi) is 11.3. The zero-order chi connectivity index (χ0) is 46.7. The van der Waals surface area contributed by atoms with Crippen molar-refractivity contribution in [3.63, 3.8) is 0 Å². The Hall–Kier alpha value is -7.02. The highest BCUT2D eigenvalue weighted by atomic mass is 32.2. The van der Waals surface area contributed by atoms with Gasteiger partial charge in [0.1, 0.15) is 41.7 Å². The minimum absolute atomic E-state index is 0.00158. The molecular weight excluding hydrogens is 894 g/mol. The molecule has 2 N–H and O–H groups in total. The number of carbonyl (C=O) groups is 3. The second-order valence-corrected chi connectivity index (χ2v) is 19.1. The van der Waals surface area contributed by atoms with Gasteiger partial charge in [0, 0.05) is 89.2 Å². The number of rotatable bonds is 11. The number of ether oxygens (including phenoxy) is 1. The molecule has 2 atom stereocenters. The van der Waals surface area contributed by atoms with Crippen LogP contribution in [-0.2, 0) is 26.3 Å². The largest absolute Gasteiger partial charge is 0.453 e. The topological polar surface area (TPSA) is 194 Å². The summed E-state index contributed by atoms with van der Waals surface area (Å²) in [4.78, 5) is 63.6. The molecular formula is C46H43F3N10O7S. The van der Waals surface area contributed by atoms with Crippen molar-refractivity contribution in [1.82, 2.24) is 29.0 Å². The first-order valence-corrected chi connectivity index (χ1v) is 23.3. The monoisotopic (exact) mass is 936 g/mol. The van der Waals surface area contributed by atoms with Gasteiger partial charge in [-0.2, -0.15) is 18.0 Å². The summed E-state index contributed by atoms with van der Waals surface area (Å²) in [5.74, 6) is -3.18. The SMILES string of the molecule is N#Cc1c(NS(=O)(=O)N2CC[C@@H](F)C2)ccc(F)c1Oc1ccc2ncn(-c3ccc(N4CCN(CC5CN(c6cc(F)c7c(c6)CN([C@H]6CCC(=O)NC6=O)C7=O)C5)CC4)cc3)c(=O)c2c1. The Labute approximate surface area is 382 Å². The summed E-state index contributed by atoms with van der Waals surface area (Å²) in [6.07, 6.45) is 0.467. The minimum atomic E-state index is -4.25. The van der Waals surface area contributed by atoms with E-state index < -0.39 is 62.7 Å². The number of aromatic nitrogens is 2. The van der Waals surface area contributed by atoms with Crippen LogP contribution in [0.15, 0.2) is 77.9 Å². The molecule has 0 bridgehead atoms. The number of amides is 3. The minimum Gasteiger partial charge on any atom is -0.453 e. The normalized spacial score (nSPS) is 20.5. The lowest BCUT2D eigenvalue weighted by molar-refractivity contribution is -0.136. The second-order valence-electron chi connectivity index (χ2n) is 17.4. The maximum Gasteiger partial charge on any atom is 0.301 e. The molecule has 346 valence electrons. The molecule has 1 aromatic heterocycles. The van der Waals surface area contributed by atoms with Gasteiger partial charge in [-0.25, -0.2) is 18.2 Å². The van der Waals surface area contributed by atoms with Crippen LogP contribution in [0.1, 0.15) is 40.7 Å². The average molecular weight is 937 g/mol. The Bertz CT molecular complexity index is 3060. The number of anilines is 3. The first-order chi connectivity index (χ1) is 32.2. The van der Waals surface area contributed by atoms with Gasteiger partial charge >= 0.3 is 10.2 Å². The first kappa shape index (κ1) is 43.9. The van der Waals surface area contributed by atoms with E-state index in [0.717, 1.165) is 67.9 Å². The molecule has 0 saturated carbocycles. The summed E-state index contributed by atoms with van der Waals surface area (Å²) in [6.45, 7) is 5.33. The number of fused-ring (bicyclic) bond motifs is 2. The highest BCUT2D eigenvalue weighted by molar-refractivity contribution is 7.90. The van der Waals surface area contributed by atoms with Gasteiger partial charge in [-0.3, -0.25) is 38.7 Å². The Morgan fingerprint density at radius 1 is 0.851 bits per heavy atom. The zero-order valence-electron chi connectivity index (χ0n) is 35.8. The number of nitrogens with one attached hydrogen (secondary N) is 2. The molecule has 21 heteroatoms. The number of alkyl halides is 1. The summed E-state index contributed by atoms with van der Waals surface area (Å²) in [5, 5.41) is 12.4. The number of hydrogen-bond acceptors (Lipinski definition) is 12. The van der Waals surface area contributed by atoms with Gasteiger partial charge < -0.3 is 19.4 Å². The Morgan fingerprint density at radius 2 is 1.61 bits per heavy atom. The average Bonchev–Trinajstić information content (AvgIpc) is 3.89. The fraction of sp³-hybridized carbons (Fsp3) is 0.348. The summed E-state index contributed by atoms with van der Waals surface area (Å²) in [5.41, 5.74) is 1.98. The van der Waals surface area contributed by atoms with E-state index >= 15 is 8.78 Å². The number of hydrogen-bond donors (Lipinski definition) is 2. The molecule has 5 aliphatic rings. The van der Waals surface area contributed by atoms with E-state index in [-0.39, 0.29) is 67.2 Å². The van der Waals surface area contributed by atoms with Crippen molar-refractivity contribution in [2.24, 2.45) is 5.92 Å². The predicted molar refractivity (Wildman–Crippen MR) is 239 cm³/mol. The van der Waals surface area contributed by atoms with E-state index in [1.54, 1.807) is 6.07 Å². The van der Waals surface area contributed by atoms with Gasteiger partial charge in [0.25, 0.3) is 11.5 Å². The highest BCUT2D eigenvalue weighted by Gasteiger charge is 2.41. The van der Waals surface area contributed by atoms with Crippen LogP contribution in [0.5, 0.6) is 11.5 Å². The van der Waals surface area contributed by atoms with Gasteiger partial charge in [0.05, 0.1) is 27.8 Å². The van der Waals surface area contributed by atoms with Crippen LogP contribution >= 0.6 is 0 Å². The van der Waals surface area contributed by atoms with Crippen molar-refractivity contribution >= 4 is 55.9 Å². The molecule has 0 unspecified atom stereocenters. The maximum absolute atomic E-state index is 15.3. The standard InChI is InChI=1S/C46H43F3N10O7S/c47-29-11-12-57(25-29)67(64,65)53-39-8-6-36(48)43(35(39)20-50)66-33-5-7-38-34(19-33)45(62)59(26-51-38)31-3-1-30(2-4-31)55-15-13-54(14-16-55)21-27-22-56(23-27)32-17-28-24-58(46(63)42(28)37(49)18-32)40-9-10-41(60)52-44(40)61/h1-8,17-19,26-27,29,40,53H,9-16,21-25H2,(H,52,60,61)/t29-,40+/m1/s1. The lowest BCUT2D eigenvalue weighted by Crippen LogP contribution is -2.55. The third-order valence-electron chi connectivity index (χ3n) is 13.1. The van der Waals surface area contributed by atoms with Crippen LogP contribution in [-0.4, -0.2) is 121 Å². The number of imide groups is 1. The zero-order valence-corrected chi connectivity index (χ0v) is 36.6. The van der Waals surface area contributed by atoms with Crippen molar-refractivity contribution in [3.8, 4) is 23.3 Å². The van der Waals surface area contributed by atoms with Gasteiger partial charge in [-0.1, -0.05) is 0 Å². The quantitative estimate of drug-likeness (QED) is 0.181. The van der Waals surface area contributed by atoms with Gasteiger partial charge in [-0.15, -0.1) is 0 Å². The van der Waals surface area contributed by atoms with Gasteiger partial charge in [0.2, 0.25) is 11.8 Å². The molecule has 5 aromatic rings. The molecule has 17 nitrogen and oxygen atoms in total. The lowest BCUT2D eigenvalue weighted by atomic mass is 9.97. The van der Waals surface area contributed by atoms with Crippen molar-refractivity contribution in [3.05, 3.63) is 112 Å². The molecule has 6 heterocycles. The van der Waals surface area contributed by atoms with E-state index in [4.69, 9.17) is 4.74 Å². The highest BCUT2D eigenvalue weighted by Crippen LogP contribution is 2.37. The van der Waals surface area contributed by atoms with E-state index in [1.165, 1.54) is 40.1 Å². The number of carbonyl (C=O) groups excluding carboxylic acids is 3. The number of piperazine rings is 1. The van der Waals surface area contributed by atoms with E-state index in [0.29, 0.717) is 28.4 Å². The van der Waals surface area contributed by atoms with Crippen molar-refractivity contribution in [1.29, 1.82) is 5.26 Å². The fourth-order valence-electron chi connectivity index (χ4n) is 9.53. The molecule has 0 spiro atoms. The molecule has 3 amide bonds. The molecule has 4 saturated heterocycles. The summed E-state index contributed by atoms with van der Waals surface area (Å²) in [7, 11) is -4.25. The van der Waals surface area contributed by atoms with Crippen LogP contribution in [0.3, 0.4) is 0 Å². The molecule has 67 heavy (non-hydrogen) atoms. The molecule has 0 aliphatic carbocycles. The third-order valence-corrected chi connectivity index (χ3v) is 14.6. The molecule has 0 radical (unpaired) electrons. The van der Waals surface area contributed by atoms with Crippen molar-refractivity contribution < 1.29 is 40.7 Å². The van der Waals surface area contributed by atoms with E-state index in [2.05, 4.69) is 29.7 Å². The van der Waals surface area contributed by atoms with E-state index in [1.807, 2.05) is 30.3 Å². The lowest BCUT2D eigenvalue weighted by Gasteiger charge is -2.45.